The van der Waals surface area contributed by atoms with E-state index in [1.165, 1.54) is 37.0 Å². The van der Waals surface area contributed by atoms with Gasteiger partial charge in [-0.15, -0.1) is 4.91 Å². The zero-order valence-corrected chi connectivity index (χ0v) is 23.6. The molecule has 0 aromatic carbocycles. The summed E-state index contributed by atoms with van der Waals surface area (Å²) in [7, 11) is 4.18. The molecule has 1 saturated heterocycles. The summed E-state index contributed by atoms with van der Waals surface area (Å²) >= 11 is 0. The van der Waals surface area contributed by atoms with Crippen LogP contribution in [0.2, 0.25) is 0 Å². The largest absolute Gasteiger partial charge is 0.391 e. The molecule has 8 heteroatoms. The first-order valence-electron chi connectivity index (χ1n) is 15.1. The molecule has 0 aromatic rings. The Morgan fingerprint density at radius 2 is 1.92 bits per heavy atom. The van der Waals surface area contributed by atoms with Crippen LogP contribution in [0.15, 0.2) is 28.1 Å². The minimum absolute atomic E-state index is 0.0268. The number of amides is 2. The summed E-state index contributed by atoms with van der Waals surface area (Å²) in [5.74, 6) is 1.10. The van der Waals surface area contributed by atoms with Crippen molar-refractivity contribution in [3.05, 3.63) is 27.8 Å². The maximum absolute atomic E-state index is 13.7. The molecule has 1 heterocycles. The van der Waals surface area contributed by atoms with E-state index < -0.39 is 5.91 Å². The highest BCUT2D eigenvalue weighted by Gasteiger charge is 2.53. The van der Waals surface area contributed by atoms with Crippen LogP contribution in [0.5, 0.6) is 0 Å². The Kier molecular flexibility index (Phi) is 8.39. The Morgan fingerprint density at radius 3 is 2.58 bits per heavy atom. The third kappa shape index (κ3) is 5.35. The molecule has 0 spiro atoms. The van der Waals surface area contributed by atoms with Crippen molar-refractivity contribution < 1.29 is 9.59 Å². The molecule has 3 fully saturated rings. The van der Waals surface area contributed by atoms with Crippen LogP contribution in [0.1, 0.15) is 96.8 Å². The van der Waals surface area contributed by atoms with Gasteiger partial charge in [-0.1, -0.05) is 31.4 Å². The SMILES string of the molecule is CNC1=C(C(C)C2CCCC2)CCC(C(=O)NC2(C3NC4CCC(CCC(=O)N=O)=CC4N3C)CCC2)C1. The fourth-order valence-corrected chi connectivity index (χ4v) is 8.16. The Morgan fingerprint density at radius 1 is 1.16 bits per heavy atom. The molecule has 0 bridgehead atoms. The van der Waals surface area contributed by atoms with Gasteiger partial charge < -0.3 is 10.6 Å². The molecule has 5 atom stereocenters. The number of nitrogens with one attached hydrogen (secondary N) is 3. The lowest BCUT2D eigenvalue weighted by Gasteiger charge is -2.50. The third-order valence-corrected chi connectivity index (χ3v) is 10.7. The van der Waals surface area contributed by atoms with Crippen LogP contribution in [-0.4, -0.2) is 54.6 Å². The van der Waals surface area contributed by atoms with E-state index in [2.05, 4.69) is 46.1 Å². The van der Waals surface area contributed by atoms with Crippen LogP contribution in [0.4, 0.5) is 0 Å². The van der Waals surface area contributed by atoms with Crippen molar-refractivity contribution in [1.29, 1.82) is 0 Å². The molecule has 2 amide bonds. The lowest BCUT2D eigenvalue weighted by Crippen LogP contribution is -2.68. The van der Waals surface area contributed by atoms with E-state index >= 15 is 0 Å². The minimum Gasteiger partial charge on any atom is -0.391 e. The average molecular weight is 526 g/mol. The monoisotopic (exact) mass is 525 g/mol. The first-order chi connectivity index (χ1) is 18.3. The summed E-state index contributed by atoms with van der Waals surface area (Å²) in [6, 6.07) is 0.585. The number of carbonyl (C=O) groups is 2. The highest BCUT2D eigenvalue weighted by molar-refractivity contribution is 5.80. The third-order valence-electron chi connectivity index (χ3n) is 10.7. The smallest absolute Gasteiger partial charge is 0.286 e. The van der Waals surface area contributed by atoms with Gasteiger partial charge in [0.1, 0.15) is 0 Å². The van der Waals surface area contributed by atoms with E-state index in [0.29, 0.717) is 18.4 Å². The van der Waals surface area contributed by atoms with E-state index in [4.69, 9.17) is 0 Å². The molecular formula is C30H47N5O3. The van der Waals surface area contributed by atoms with Gasteiger partial charge in [0, 0.05) is 42.3 Å². The maximum atomic E-state index is 13.7. The lowest BCUT2D eigenvalue weighted by molar-refractivity contribution is -0.130. The normalized spacial score (nSPS) is 32.2. The second-order valence-corrected chi connectivity index (χ2v) is 12.7. The zero-order chi connectivity index (χ0) is 26.9. The van der Waals surface area contributed by atoms with E-state index in [0.717, 1.165) is 57.3 Å². The van der Waals surface area contributed by atoms with E-state index in [-0.39, 0.29) is 36.0 Å². The fourth-order valence-electron chi connectivity index (χ4n) is 8.16. The summed E-state index contributed by atoms with van der Waals surface area (Å²) < 4.78 is 0. The van der Waals surface area contributed by atoms with Gasteiger partial charge in [-0.3, -0.25) is 19.8 Å². The van der Waals surface area contributed by atoms with Crippen molar-refractivity contribution in [1.82, 2.24) is 20.9 Å². The average Bonchev–Trinajstić information content (AvgIpc) is 3.57. The highest BCUT2D eigenvalue weighted by atomic mass is 16.3. The van der Waals surface area contributed by atoms with Crippen molar-refractivity contribution >= 4 is 11.8 Å². The first kappa shape index (κ1) is 27.5. The van der Waals surface area contributed by atoms with Gasteiger partial charge >= 0.3 is 0 Å². The first-order valence-corrected chi connectivity index (χ1v) is 15.1. The molecule has 5 rings (SSSR count). The minimum atomic E-state index is -0.570. The number of fused-ring (bicyclic) bond motifs is 1. The quantitative estimate of drug-likeness (QED) is 0.302. The number of likely N-dealkylation sites (N-methyl/N-ethyl adjacent to an activating group) is 1. The number of nitrogens with zero attached hydrogens (tertiary/aromatic N) is 2. The number of hydrogen-bond acceptors (Lipinski definition) is 6. The van der Waals surface area contributed by atoms with Gasteiger partial charge in [-0.2, -0.15) is 0 Å². The molecule has 2 saturated carbocycles. The highest BCUT2D eigenvalue weighted by Crippen LogP contribution is 2.44. The van der Waals surface area contributed by atoms with E-state index in [9.17, 15) is 14.5 Å². The molecular weight excluding hydrogens is 478 g/mol. The van der Waals surface area contributed by atoms with Crippen LogP contribution < -0.4 is 16.0 Å². The molecule has 0 aromatic heterocycles. The van der Waals surface area contributed by atoms with Gasteiger partial charge in [0.2, 0.25) is 5.91 Å². The van der Waals surface area contributed by atoms with Crippen LogP contribution in [0.3, 0.4) is 0 Å². The molecule has 5 unspecified atom stereocenters. The number of nitroso groups, excluding NO2 is 1. The van der Waals surface area contributed by atoms with Gasteiger partial charge in [0.25, 0.3) is 5.91 Å². The Labute approximate surface area is 227 Å². The number of hydrogen-bond donors (Lipinski definition) is 3. The Bertz CT molecular complexity index is 980. The van der Waals surface area contributed by atoms with Gasteiger partial charge in [0.05, 0.1) is 11.7 Å². The summed E-state index contributed by atoms with van der Waals surface area (Å²) in [5.41, 5.74) is 3.88. The molecule has 0 radical (unpaired) electrons. The predicted molar refractivity (Wildman–Crippen MR) is 149 cm³/mol. The van der Waals surface area contributed by atoms with Crippen LogP contribution in [0, 0.1) is 22.7 Å². The van der Waals surface area contributed by atoms with Crippen LogP contribution in [0.25, 0.3) is 0 Å². The van der Waals surface area contributed by atoms with Gasteiger partial charge in [-0.25, -0.2) is 0 Å². The maximum Gasteiger partial charge on any atom is 0.286 e. The van der Waals surface area contributed by atoms with Gasteiger partial charge in [-0.05, 0) is 95.1 Å². The standard InChI is InChI=1S/C30H47N5O3/c1-19(21-7-4-5-8-21)23-12-11-22(18-25(23)31-2)28(37)33-30(15-6-16-30)29-32-24-13-9-20(10-14-27(36)34-38)17-26(24)35(29)3/h17,19,21-22,24,26,29,31-32H,4-16,18H2,1-3H3,(H,33,37). The lowest BCUT2D eigenvalue weighted by atomic mass is 9.72. The summed E-state index contributed by atoms with van der Waals surface area (Å²) in [6.45, 7) is 2.41. The van der Waals surface area contributed by atoms with Crippen molar-refractivity contribution in [2.24, 2.45) is 22.9 Å². The molecule has 38 heavy (non-hydrogen) atoms. The summed E-state index contributed by atoms with van der Waals surface area (Å²) in [5, 5.41) is 13.5. The summed E-state index contributed by atoms with van der Waals surface area (Å²) in [6.07, 6.45) is 16.5. The Hall–Kier alpha value is -2.06. The molecule has 5 aliphatic rings. The molecule has 1 aliphatic heterocycles. The number of rotatable bonds is 9. The number of carbonyl (C=O) groups excluding carboxylic acids is 2. The van der Waals surface area contributed by atoms with Crippen molar-refractivity contribution in [2.45, 2.75) is 121 Å². The molecule has 210 valence electrons. The number of allylic oxidation sites excluding steroid dienone is 3. The van der Waals surface area contributed by atoms with Crippen molar-refractivity contribution in [3.8, 4) is 0 Å². The van der Waals surface area contributed by atoms with Gasteiger partial charge in [0.15, 0.2) is 0 Å². The molecule has 3 N–H and O–H groups in total. The van der Waals surface area contributed by atoms with E-state index in [1.807, 2.05) is 7.05 Å². The topological polar surface area (TPSA) is 103 Å². The van der Waals surface area contributed by atoms with E-state index in [1.54, 1.807) is 5.57 Å². The molecule has 8 nitrogen and oxygen atoms in total. The van der Waals surface area contributed by atoms with Crippen molar-refractivity contribution in [3.63, 3.8) is 0 Å². The predicted octanol–water partition coefficient (Wildman–Crippen LogP) is 4.52. The second-order valence-electron chi connectivity index (χ2n) is 12.7. The summed E-state index contributed by atoms with van der Waals surface area (Å²) in [4.78, 5) is 38.0. The van der Waals surface area contributed by atoms with Crippen molar-refractivity contribution in [2.75, 3.05) is 14.1 Å². The fraction of sp³-hybridized carbons (Fsp3) is 0.800. The Balaban J connectivity index is 1.23. The zero-order valence-electron chi connectivity index (χ0n) is 23.6. The second kappa shape index (κ2) is 11.6. The van der Waals surface area contributed by atoms with Crippen LogP contribution in [-0.2, 0) is 9.59 Å². The van der Waals surface area contributed by atoms with Crippen LogP contribution >= 0.6 is 0 Å². The molecule has 4 aliphatic carbocycles.